The normalized spacial score (nSPS) is 10.5. The van der Waals surface area contributed by atoms with E-state index in [1.165, 1.54) is 5.56 Å². The number of rotatable bonds is 10. The lowest BCUT2D eigenvalue weighted by atomic mass is 10.1. The van der Waals surface area contributed by atoms with Gasteiger partial charge in [0.2, 0.25) is 0 Å². The van der Waals surface area contributed by atoms with Crippen molar-refractivity contribution in [2.75, 3.05) is 11.9 Å². The van der Waals surface area contributed by atoms with Gasteiger partial charge in [-0.2, -0.15) is 0 Å². The summed E-state index contributed by atoms with van der Waals surface area (Å²) >= 11 is 0. The van der Waals surface area contributed by atoms with Gasteiger partial charge in [-0.15, -0.1) is 0 Å². The highest BCUT2D eigenvalue weighted by atomic mass is 16.5. The van der Waals surface area contributed by atoms with Crippen molar-refractivity contribution in [3.05, 3.63) is 114 Å². The van der Waals surface area contributed by atoms with Gasteiger partial charge in [0.05, 0.1) is 6.61 Å². The van der Waals surface area contributed by atoms with E-state index in [0.29, 0.717) is 13.2 Å². The van der Waals surface area contributed by atoms with E-state index in [4.69, 9.17) is 9.47 Å². The Balaban J connectivity index is 1.29. The summed E-state index contributed by atoms with van der Waals surface area (Å²) in [6.07, 6.45) is 3.75. The molecule has 4 aromatic rings. The van der Waals surface area contributed by atoms with Crippen LogP contribution in [-0.2, 0) is 13.0 Å². The highest BCUT2D eigenvalue weighted by Crippen LogP contribution is 2.26. The highest BCUT2D eigenvalue weighted by Gasteiger charge is 2.05. The number of aromatic nitrogens is 1. The van der Waals surface area contributed by atoms with Crippen LogP contribution < -0.4 is 14.8 Å². The number of anilines is 2. The maximum absolute atomic E-state index is 5.93. The van der Waals surface area contributed by atoms with Gasteiger partial charge in [0.25, 0.3) is 0 Å². The van der Waals surface area contributed by atoms with E-state index in [1.54, 1.807) is 6.20 Å². The minimum atomic E-state index is 0.554. The monoisotopic (exact) mass is 424 g/mol. The van der Waals surface area contributed by atoms with Crippen LogP contribution in [0.15, 0.2) is 97.2 Å². The van der Waals surface area contributed by atoms with Gasteiger partial charge in [0.1, 0.15) is 23.9 Å². The number of aryl methyl sites for hydroxylation is 2. The molecule has 32 heavy (non-hydrogen) atoms. The number of nitrogens with one attached hydrogen (secondary N) is 1. The maximum atomic E-state index is 5.93. The number of hydrogen-bond donors (Lipinski definition) is 1. The molecule has 1 aromatic heterocycles. The van der Waals surface area contributed by atoms with Crippen molar-refractivity contribution < 1.29 is 9.47 Å². The van der Waals surface area contributed by atoms with Crippen LogP contribution in [0.3, 0.4) is 0 Å². The molecule has 0 amide bonds. The van der Waals surface area contributed by atoms with Crippen LogP contribution in [0.5, 0.6) is 11.5 Å². The molecular formula is C28H28N2O2. The van der Waals surface area contributed by atoms with E-state index in [2.05, 4.69) is 53.6 Å². The predicted octanol–water partition coefficient (Wildman–Crippen LogP) is 6.72. The Bertz CT molecular complexity index is 1110. The van der Waals surface area contributed by atoms with Crippen LogP contribution in [0.1, 0.15) is 23.1 Å². The van der Waals surface area contributed by atoms with Gasteiger partial charge in [0.15, 0.2) is 0 Å². The van der Waals surface area contributed by atoms with Gasteiger partial charge >= 0.3 is 0 Å². The molecule has 4 heteroatoms. The van der Waals surface area contributed by atoms with E-state index in [-0.39, 0.29) is 0 Å². The fraction of sp³-hybridized carbons (Fsp3) is 0.179. The summed E-state index contributed by atoms with van der Waals surface area (Å²) in [4.78, 5) is 4.43. The lowest BCUT2D eigenvalue weighted by Crippen LogP contribution is -2.01. The largest absolute Gasteiger partial charge is 0.493 e. The van der Waals surface area contributed by atoms with Gasteiger partial charge in [0, 0.05) is 18.0 Å². The molecule has 4 rings (SSSR count). The molecule has 0 saturated heterocycles. The van der Waals surface area contributed by atoms with Gasteiger partial charge in [-0.1, -0.05) is 60.7 Å². The average molecular weight is 425 g/mol. The zero-order valence-corrected chi connectivity index (χ0v) is 18.3. The average Bonchev–Trinajstić information content (AvgIpc) is 2.84. The second kappa shape index (κ2) is 11.0. The van der Waals surface area contributed by atoms with Crippen molar-refractivity contribution in [3.63, 3.8) is 0 Å². The van der Waals surface area contributed by atoms with E-state index < -0.39 is 0 Å². The molecule has 3 aromatic carbocycles. The maximum Gasteiger partial charge on any atom is 0.133 e. The molecule has 0 aliphatic carbocycles. The zero-order valence-electron chi connectivity index (χ0n) is 18.3. The fourth-order valence-corrected chi connectivity index (χ4v) is 3.43. The molecule has 0 spiro atoms. The number of benzene rings is 3. The van der Waals surface area contributed by atoms with E-state index in [9.17, 15) is 0 Å². The summed E-state index contributed by atoms with van der Waals surface area (Å²) in [5.74, 6) is 2.42. The Morgan fingerprint density at radius 2 is 1.47 bits per heavy atom. The Kier molecular flexibility index (Phi) is 7.38. The second-order valence-corrected chi connectivity index (χ2v) is 7.69. The quantitative estimate of drug-likeness (QED) is 0.287. The van der Waals surface area contributed by atoms with Gasteiger partial charge in [-0.3, -0.25) is 0 Å². The van der Waals surface area contributed by atoms with E-state index in [0.717, 1.165) is 47.0 Å². The first-order chi connectivity index (χ1) is 15.8. The lowest BCUT2D eigenvalue weighted by Gasteiger charge is -2.13. The smallest absolute Gasteiger partial charge is 0.133 e. The molecule has 0 aliphatic rings. The predicted molar refractivity (Wildman–Crippen MR) is 130 cm³/mol. The van der Waals surface area contributed by atoms with Crippen molar-refractivity contribution >= 4 is 11.5 Å². The van der Waals surface area contributed by atoms with Crippen LogP contribution in [0.2, 0.25) is 0 Å². The summed E-state index contributed by atoms with van der Waals surface area (Å²) in [5.41, 5.74) is 4.56. The molecule has 0 atom stereocenters. The van der Waals surface area contributed by atoms with Gasteiger partial charge in [-0.25, -0.2) is 4.98 Å². The van der Waals surface area contributed by atoms with Crippen molar-refractivity contribution in [1.29, 1.82) is 0 Å². The third-order valence-corrected chi connectivity index (χ3v) is 5.16. The number of hydrogen-bond acceptors (Lipinski definition) is 4. The summed E-state index contributed by atoms with van der Waals surface area (Å²) < 4.78 is 11.9. The minimum Gasteiger partial charge on any atom is -0.493 e. The molecule has 162 valence electrons. The summed E-state index contributed by atoms with van der Waals surface area (Å²) in [5, 5.41) is 3.38. The molecule has 4 nitrogen and oxygen atoms in total. The van der Waals surface area contributed by atoms with Crippen molar-refractivity contribution in [2.45, 2.75) is 26.4 Å². The molecule has 0 unspecified atom stereocenters. The van der Waals surface area contributed by atoms with Crippen LogP contribution in [0.25, 0.3) is 0 Å². The van der Waals surface area contributed by atoms with Crippen LogP contribution in [-0.4, -0.2) is 11.6 Å². The number of ether oxygens (including phenoxy) is 2. The third-order valence-electron chi connectivity index (χ3n) is 5.16. The van der Waals surface area contributed by atoms with Crippen LogP contribution in [0.4, 0.5) is 11.5 Å². The van der Waals surface area contributed by atoms with E-state index >= 15 is 0 Å². The van der Waals surface area contributed by atoms with Crippen molar-refractivity contribution in [2.24, 2.45) is 0 Å². The van der Waals surface area contributed by atoms with Gasteiger partial charge < -0.3 is 14.8 Å². The Morgan fingerprint density at radius 1 is 0.750 bits per heavy atom. The number of nitrogens with zero attached hydrogens (tertiary/aromatic N) is 1. The SMILES string of the molecule is Cc1cc(OCc2ccccc2)ccc1Nc1cc(OCCCc2ccccc2)ccn1. The molecule has 0 saturated carbocycles. The molecular weight excluding hydrogens is 396 g/mol. The van der Waals surface area contributed by atoms with Crippen molar-refractivity contribution in [1.82, 2.24) is 4.98 Å². The second-order valence-electron chi connectivity index (χ2n) is 7.69. The molecule has 1 heterocycles. The van der Waals surface area contributed by atoms with Crippen LogP contribution in [0, 0.1) is 6.92 Å². The highest BCUT2D eigenvalue weighted by molar-refractivity contribution is 5.62. The topological polar surface area (TPSA) is 43.4 Å². The zero-order chi connectivity index (χ0) is 22.0. The van der Waals surface area contributed by atoms with Gasteiger partial charge in [-0.05, 0) is 60.7 Å². The molecule has 0 bridgehead atoms. The first-order valence-corrected chi connectivity index (χ1v) is 10.9. The fourth-order valence-electron chi connectivity index (χ4n) is 3.43. The van der Waals surface area contributed by atoms with Crippen molar-refractivity contribution in [3.8, 4) is 11.5 Å². The minimum absolute atomic E-state index is 0.554. The first kappa shape index (κ1) is 21.4. The summed E-state index contributed by atoms with van der Waals surface area (Å²) in [7, 11) is 0. The molecule has 0 fully saturated rings. The summed E-state index contributed by atoms with van der Waals surface area (Å²) in [6, 6.07) is 30.5. The Hall–Kier alpha value is -3.79. The van der Waals surface area contributed by atoms with Crippen LogP contribution >= 0.6 is 0 Å². The molecule has 1 N–H and O–H groups in total. The lowest BCUT2D eigenvalue weighted by molar-refractivity contribution is 0.306. The first-order valence-electron chi connectivity index (χ1n) is 10.9. The Morgan fingerprint density at radius 3 is 2.22 bits per heavy atom. The third kappa shape index (κ3) is 6.35. The Labute approximate surface area is 189 Å². The molecule has 0 radical (unpaired) electrons. The van der Waals surface area contributed by atoms with E-state index in [1.807, 2.05) is 54.6 Å². The molecule has 0 aliphatic heterocycles. The summed E-state index contributed by atoms with van der Waals surface area (Å²) in [6.45, 7) is 3.28. The number of pyridine rings is 1. The standard InChI is InChI=1S/C28H28N2O2/c1-22-19-25(32-21-24-11-6-3-7-12-24)14-15-27(22)30-28-20-26(16-17-29-28)31-18-8-13-23-9-4-2-5-10-23/h2-7,9-12,14-17,19-20H,8,13,18,21H2,1H3,(H,29,30).